The molecule has 0 spiro atoms. The SMILES string of the molecule is COc1ccc(C2CCC(C#N)(C(=O)O)CC2)c2c1oc1ccccc12. The van der Waals surface area contributed by atoms with Crippen LogP contribution in [0.15, 0.2) is 40.8 Å². The lowest BCUT2D eigenvalue weighted by molar-refractivity contribution is -0.147. The van der Waals surface area contributed by atoms with Crippen molar-refractivity contribution >= 4 is 27.9 Å². The number of rotatable bonds is 3. The molecule has 1 aromatic heterocycles. The molecule has 5 heteroatoms. The van der Waals surface area contributed by atoms with E-state index in [0.29, 0.717) is 31.4 Å². The summed E-state index contributed by atoms with van der Waals surface area (Å²) < 4.78 is 11.5. The molecule has 132 valence electrons. The van der Waals surface area contributed by atoms with Crippen molar-refractivity contribution in [1.82, 2.24) is 0 Å². The predicted molar refractivity (Wildman–Crippen MR) is 97.2 cm³/mol. The van der Waals surface area contributed by atoms with Gasteiger partial charge in [0.05, 0.1) is 13.2 Å². The van der Waals surface area contributed by atoms with E-state index in [1.54, 1.807) is 7.11 Å². The molecule has 0 atom stereocenters. The minimum absolute atomic E-state index is 0.199. The van der Waals surface area contributed by atoms with Crippen LogP contribution in [-0.2, 0) is 4.79 Å². The first-order valence-corrected chi connectivity index (χ1v) is 8.72. The summed E-state index contributed by atoms with van der Waals surface area (Å²) in [4.78, 5) is 11.5. The topological polar surface area (TPSA) is 83.5 Å². The van der Waals surface area contributed by atoms with Crippen LogP contribution in [0, 0.1) is 16.7 Å². The number of nitriles is 1. The fourth-order valence-corrected chi connectivity index (χ4v) is 4.13. The van der Waals surface area contributed by atoms with Crippen LogP contribution in [0.25, 0.3) is 21.9 Å². The number of para-hydroxylation sites is 1. The number of fused-ring (bicyclic) bond motifs is 3. The minimum atomic E-state index is -1.25. The molecule has 1 aliphatic rings. The number of nitrogens with zero attached hydrogens (tertiary/aromatic N) is 1. The molecule has 0 aliphatic heterocycles. The Balaban J connectivity index is 1.81. The van der Waals surface area contributed by atoms with Crippen molar-refractivity contribution in [3.63, 3.8) is 0 Å². The lowest BCUT2D eigenvalue weighted by atomic mass is 9.69. The molecule has 2 aromatic carbocycles. The van der Waals surface area contributed by atoms with Crippen molar-refractivity contribution in [1.29, 1.82) is 5.26 Å². The van der Waals surface area contributed by atoms with Gasteiger partial charge < -0.3 is 14.3 Å². The van der Waals surface area contributed by atoms with Gasteiger partial charge in [-0.15, -0.1) is 0 Å². The van der Waals surface area contributed by atoms with Gasteiger partial charge in [-0.1, -0.05) is 24.3 Å². The summed E-state index contributed by atoms with van der Waals surface area (Å²) in [6.07, 6.45) is 2.07. The molecule has 1 aliphatic carbocycles. The van der Waals surface area contributed by atoms with Gasteiger partial charge in [-0.2, -0.15) is 5.26 Å². The monoisotopic (exact) mass is 349 g/mol. The van der Waals surface area contributed by atoms with Crippen LogP contribution < -0.4 is 4.74 Å². The molecule has 0 radical (unpaired) electrons. The zero-order valence-electron chi connectivity index (χ0n) is 14.5. The van der Waals surface area contributed by atoms with Gasteiger partial charge in [-0.05, 0) is 49.3 Å². The molecule has 1 heterocycles. The van der Waals surface area contributed by atoms with E-state index in [1.807, 2.05) is 42.5 Å². The fraction of sp³-hybridized carbons (Fsp3) is 0.333. The van der Waals surface area contributed by atoms with E-state index in [9.17, 15) is 15.2 Å². The van der Waals surface area contributed by atoms with Crippen molar-refractivity contribution in [2.24, 2.45) is 5.41 Å². The summed E-state index contributed by atoms with van der Waals surface area (Å²) in [6, 6.07) is 13.9. The molecule has 0 saturated heterocycles. The smallest absolute Gasteiger partial charge is 0.324 e. The number of carboxylic acids is 1. The summed E-state index contributed by atoms with van der Waals surface area (Å²) in [5, 5.41) is 20.9. The maximum absolute atomic E-state index is 11.5. The molecule has 0 unspecified atom stereocenters. The van der Waals surface area contributed by atoms with Crippen LogP contribution in [0.5, 0.6) is 5.75 Å². The average molecular weight is 349 g/mol. The van der Waals surface area contributed by atoms with Crippen LogP contribution in [0.2, 0.25) is 0 Å². The lowest BCUT2D eigenvalue weighted by Gasteiger charge is -2.32. The Morgan fingerprint density at radius 1 is 1.27 bits per heavy atom. The number of carbonyl (C=O) groups is 1. The molecule has 5 nitrogen and oxygen atoms in total. The van der Waals surface area contributed by atoms with Gasteiger partial charge in [0.2, 0.25) is 0 Å². The van der Waals surface area contributed by atoms with E-state index in [0.717, 1.165) is 27.5 Å². The third kappa shape index (κ3) is 2.33. The lowest BCUT2D eigenvalue weighted by Crippen LogP contribution is -2.33. The number of hydrogen-bond acceptors (Lipinski definition) is 4. The van der Waals surface area contributed by atoms with Crippen molar-refractivity contribution in [3.8, 4) is 11.8 Å². The van der Waals surface area contributed by atoms with E-state index in [2.05, 4.69) is 0 Å². The minimum Gasteiger partial charge on any atom is -0.493 e. The molecular weight excluding hydrogens is 330 g/mol. The Morgan fingerprint density at radius 3 is 2.65 bits per heavy atom. The number of carboxylic acid groups (broad SMARTS) is 1. The highest BCUT2D eigenvalue weighted by molar-refractivity contribution is 6.08. The van der Waals surface area contributed by atoms with Crippen molar-refractivity contribution in [2.75, 3.05) is 7.11 Å². The number of furan rings is 1. The molecule has 3 aromatic rings. The van der Waals surface area contributed by atoms with Crippen LogP contribution >= 0.6 is 0 Å². The van der Waals surface area contributed by atoms with Gasteiger partial charge in [0, 0.05) is 10.8 Å². The molecule has 26 heavy (non-hydrogen) atoms. The van der Waals surface area contributed by atoms with Gasteiger partial charge in [-0.25, -0.2) is 0 Å². The predicted octanol–water partition coefficient (Wildman–Crippen LogP) is 4.85. The molecule has 1 saturated carbocycles. The summed E-state index contributed by atoms with van der Waals surface area (Å²) >= 11 is 0. The van der Waals surface area contributed by atoms with Crippen molar-refractivity contribution in [3.05, 3.63) is 42.0 Å². The van der Waals surface area contributed by atoms with Crippen LogP contribution in [0.4, 0.5) is 0 Å². The Bertz CT molecular complexity index is 1040. The zero-order valence-corrected chi connectivity index (χ0v) is 14.5. The Labute approximate surface area is 150 Å². The molecule has 1 fully saturated rings. The zero-order chi connectivity index (χ0) is 18.3. The standard InChI is InChI=1S/C21H19NO4/c1-25-17-7-6-14(13-8-10-21(12-22,11-9-13)20(23)24)18-15-4-2-3-5-16(15)26-19(17)18/h2-7,13H,8-11H2,1H3,(H,23,24). The summed E-state index contributed by atoms with van der Waals surface area (Å²) in [7, 11) is 1.62. The highest BCUT2D eigenvalue weighted by Crippen LogP contribution is 2.47. The van der Waals surface area contributed by atoms with Crippen molar-refractivity contribution < 1.29 is 19.1 Å². The van der Waals surface area contributed by atoms with Crippen molar-refractivity contribution in [2.45, 2.75) is 31.6 Å². The summed E-state index contributed by atoms with van der Waals surface area (Å²) in [5.74, 6) is -0.120. The van der Waals surface area contributed by atoms with Gasteiger partial charge in [0.1, 0.15) is 5.58 Å². The Kier molecular flexibility index (Phi) is 3.84. The third-order valence-electron chi connectivity index (χ3n) is 5.64. The quantitative estimate of drug-likeness (QED) is 0.731. The van der Waals surface area contributed by atoms with Crippen LogP contribution in [-0.4, -0.2) is 18.2 Å². The first-order chi connectivity index (χ1) is 12.6. The number of benzene rings is 2. The van der Waals surface area contributed by atoms with E-state index >= 15 is 0 Å². The van der Waals surface area contributed by atoms with Gasteiger partial charge >= 0.3 is 5.97 Å². The van der Waals surface area contributed by atoms with E-state index in [-0.39, 0.29) is 5.92 Å². The highest BCUT2D eigenvalue weighted by Gasteiger charge is 2.43. The second-order valence-electron chi connectivity index (χ2n) is 6.93. The maximum atomic E-state index is 11.5. The Morgan fingerprint density at radius 2 is 2.00 bits per heavy atom. The van der Waals surface area contributed by atoms with Crippen LogP contribution in [0.3, 0.4) is 0 Å². The molecule has 1 N–H and O–H groups in total. The molecule has 4 rings (SSSR count). The molecule has 0 bridgehead atoms. The Hall–Kier alpha value is -3.00. The van der Waals surface area contributed by atoms with Crippen LogP contribution in [0.1, 0.15) is 37.2 Å². The third-order valence-corrected chi connectivity index (χ3v) is 5.64. The van der Waals surface area contributed by atoms with E-state index in [4.69, 9.17) is 9.15 Å². The summed E-state index contributed by atoms with van der Waals surface area (Å²) in [6.45, 7) is 0. The largest absolute Gasteiger partial charge is 0.493 e. The number of hydrogen-bond donors (Lipinski definition) is 1. The average Bonchev–Trinajstić information content (AvgIpc) is 3.07. The first-order valence-electron chi connectivity index (χ1n) is 8.72. The van der Waals surface area contributed by atoms with Gasteiger partial charge in [0.25, 0.3) is 0 Å². The highest BCUT2D eigenvalue weighted by atomic mass is 16.5. The van der Waals surface area contributed by atoms with E-state index in [1.165, 1.54) is 0 Å². The first kappa shape index (κ1) is 16.5. The van der Waals surface area contributed by atoms with Gasteiger partial charge in [-0.3, -0.25) is 4.79 Å². The second-order valence-corrected chi connectivity index (χ2v) is 6.93. The summed E-state index contributed by atoms with van der Waals surface area (Å²) in [5.41, 5.74) is 1.42. The van der Waals surface area contributed by atoms with E-state index < -0.39 is 11.4 Å². The maximum Gasteiger partial charge on any atom is 0.324 e. The number of aliphatic carboxylic acids is 1. The fourth-order valence-electron chi connectivity index (χ4n) is 4.13. The number of ether oxygens (including phenoxy) is 1. The normalized spacial score (nSPS) is 23.0. The van der Waals surface area contributed by atoms with Gasteiger partial charge in [0.15, 0.2) is 16.7 Å². The molecule has 0 amide bonds. The molecular formula is C21H19NO4. The number of methoxy groups -OCH3 is 1. The second kappa shape index (κ2) is 6.06.